The predicted molar refractivity (Wildman–Crippen MR) is 237 cm³/mol. The largest absolute Gasteiger partial charge is 0.467 e. The van der Waals surface area contributed by atoms with E-state index < -0.39 is 53.7 Å². The van der Waals surface area contributed by atoms with Crippen LogP contribution in [0.3, 0.4) is 0 Å². The van der Waals surface area contributed by atoms with Gasteiger partial charge in [-0.3, -0.25) is 14.6 Å². The maximum atomic E-state index is 14.5. The van der Waals surface area contributed by atoms with Crippen LogP contribution in [-0.2, 0) is 39.7 Å². The van der Waals surface area contributed by atoms with Crippen molar-refractivity contribution in [1.29, 1.82) is 5.26 Å². The van der Waals surface area contributed by atoms with Crippen LogP contribution in [0.1, 0.15) is 58.7 Å². The van der Waals surface area contributed by atoms with Crippen LogP contribution in [0.2, 0.25) is 0 Å². The highest BCUT2D eigenvalue weighted by Gasteiger charge is 2.64. The molecule has 64 heavy (non-hydrogen) atoms. The normalized spacial score (nSPS) is 25.9. The number of hydrogen-bond acceptors (Lipinski definition) is 14. The molecule has 0 radical (unpaired) electrons. The van der Waals surface area contributed by atoms with Crippen molar-refractivity contribution in [1.82, 2.24) is 15.1 Å². The average molecular weight is 889 g/mol. The number of nitriles is 1. The molecule has 3 aromatic carbocycles. The van der Waals surface area contributed by atoms with E-state index in [0.29, 0.717) is 17.9 Å². The molecule has 2 N–H and O–H groups in total. The lowest BCUT2D eigenvalue weighted by Gasteiger charge is -2.62. The zero-order chi connectivity index (χ0) is 45.0. The molecule has 3 fully saturated rings. The number of esters is 1. The summed E-state index contributed by atoms with van der Waals surface area (Å²) in [7, 11) is 3.52. The lowest BCUT2D eigenvalue weighted by Crippen LogP contribution is -2.74. The van der Waals surface area contributed by atoms with Crippen molar-refractivity contribution < 1.29 is 47.9 Å². The summed E-state index contributed by atoms with van der Waals surface area (Å²) >= 11 is 1.50. The van der Waals surface area contributed by atoms with E-state index in [9.17, 15) is 24.8 Å². The number of aryl methyl sites for hydroxylation is 1. The lowest BCUT2D eigenvalue weighted by atomic mass is 9.64. The van der Waals surface area contributed by atoms with Crippen LogP contribution < -0.4 is 10.1 Å². The summed E-state index contributed by atoms with van der Waals surface area (Å²) in [5.74, 6) is 0.593. The highest BCUT2D eigenvalue weighted by molar-refractivity contribution is 7.99. The lowest BCUT2D eigenvalue weighted by molar-refractivity contribution is -0.159. The number of benzene rings is 3. The summed E-state index contributed by atoms with van der Waals surface area (Å²) in [6.45, 7) is 8.60. The summed E-state index contributed by atoms with van der Waals surface area (Å²) in [6, 6.07) is 16.9. The molecule has 14 nitrogen and oxygen atoms in total. The molecule has 7 atom stereocenters. The maximum Gasteiger partial charge on any atom is 0.408 e. The molecule has 0 saturated carbocycles. The van der Waals surface area contributed by atoms with E-state index in [1.54, 1.807) is 14.0 Å². The monoisotopic (exact) mass is 888 g/mol. The van der Waals surface area contributed by atoms with Crippen LogP contribution in [0.15, 0.2) is 89.9 Å². The second-order valence-corrected chi connectivity index (χ2v) is 18.3. The number of ketones is 1. The standard InChI is InChI=1S/C49H52N4O10S/c1-7-16-59-48(56)51-35(23-64-22-34-32-14-10-8-12-30(32)31-13-9-11-15-33(31)34)47(55)60-21-39-41-45-44(62-25-63-45)28(4)46(54)49(41,57)19-37-42-40-29(17-26(2)27(3)43(40)61-24-58-6)18-36(52(42)5)38(20-50)53(37)39/h7-15,17,34-39,42,57H,1,16,18-19,21-25H2,2-6H3,(H,51,56)/t35-,36+,37?,38+,39+,42+,49?/m1/s1. The number of carbonyl (C=O) groups is 3. The first-order valence-electron chi connectivity index (χ1n) is 21.5. The Morgan fingerprint density at radius 3 is 2.47 bits per heavy atom. The molecule has 0 spiro atoms. The van der Waals surface area contributed by atoms with E-state index in [1.807, 2.05) is 50.1 Å². The summed E-state index contributed by atoms with van der Waals surface area (Å²) < 4.78 is 35.1. The van der Waals surface area contributed by atoms with Gasteiger partial charge in [-0.2, -0.15) is 17.0 Å². The molecule has 2 bridgehead atoms. The van der Waals surface area contributed by atoms with Crippen molar-refractivity contribution in [2.45, 2.75) is 81.4 Å². The molecule has 0 aromatic heterocycles. The Labute approximate surface area is 376 Å². The number of piperazine rings is 1. The molecular formula is C49H52N4O10S. The molecule has 2 unspecified atom stereocenters. The summed E-state index contributed by atoms with van der Waals surface area (Å²) in [5.41, 5.74) is 6.89. The number of nitrogens with one attached hydrogen (secondary N) is 1. The fourth-order valence-electron chi connectivity index (χ4n) is 10.9. The van der Waals surface area contributed by atoms with Gasteiger partial charge in [0.2, 0.25) is 6.79 Å². The third-order valence-electron chi connectivity index (χ3n) is 13.9. The Bertz CT molecular complexity index is 2490. The smallest absolute Gasteiger partial charge is 0.408 e. The van der Waals surface area contributed by atoms with Crippen LogP contribution in [0.4, 0.5) is 4.79 Å². The van der Waals surface area contributed by atoms with Gasteiger partial charge in [-0.1, -0.05) is 67.3 Å². The van der Waals surface area contributed by atoms with Crippen LogP contribution in [0, 0.1) is 25.2 Å². The Morgan fingerprint density at radius 2 is 1.78 bits per heavy atom. The number of ether oxygens (including phenoxy) is 6. The number of aliphatic hydroxyl groups is 1. The van der Waals surface area contributed by atoms with Crippen molar-refractivity contribution in [2.24, 2.45) is 0 Å². The first-order chi connectivity index (χ1) is 30.9. The molecule has 4 aliphatic heterocycles. The number of rotatable bonds is 13. The number of likely N-dealkylation sites (N-methyl/N-ethyl adjacent to an activating group) is 1. The first-order valence-corrected chi connectivity index (χ1v) is 22.7. The van der Waals surface area contributed by atoms with Gasteiger partial charge in [0.25, 0.3) is 0 Å². The third kappa shape index (κ3) is 7.07. The Balaban J connectivity index is 1.07. The van der Waals surface area contributed by atoms with Crippen LogP contribution in [0.25, 0.3) is 11.1 Å². The second kappa shape index (κ2) is 17.4. The number of thioether (sulfide) groups is 1. The predicted octanol–water partition coefficient (Wildman–Crippen LogP) is 5.75. The van der Waals surface area contributed by atoms with Crippen molar-refractivity contribution in [3.05, 3.63) is 123 Å². The second-order valence-electron chi connectivity index (χ2n) is 17.2. The number of piperidine rings is 1. The number of amides is 1. The van der Waals surface area contributed by atoms with E-state index in [2.05, 4.69) is 53.2 Å². The highest BCUT2D eigenvalue weighted by atomic mass is 32.2. The van der Waals surface area contributed by atoms with E-state index >= 15 is 0 Å². The van der Waals surface area contributed by atoms with E-state index in [-0.39, 0.29) is 73.6 Å². The zero-order valence-corrected chi connectivity index (χ0v) is 37.4. The molecule has 3 aromatic rings. The van der Waals surface area contributed by atoms with Gasteiger partial charge in [-0.05, 0) is 73.2 Å². The van der Waals surface area contributed by atoms with E-state index in [4.69, 9.17) is 28.4 Å². The quantitative estimate of drug-likeness (QED) is 0.121. The van der Waals surface area contributed by atoms with Gasteiger partial charge in [0.1, 0.15) is 31.0 Å². The Morgan fingerprint density at radius 1 is 1.08 bits per heavy atom. The van der Waals surface area contributed by atoms with Gasteiger partial charge in [0.15, 0.2) is 29.7 Å². The number of hydrogen-bond donors (Lipinski definition) is 2. The zero-order valence-electron chi connectivity index (χ0n) is 36.6. The fourth-order valence-corrected chi connectivity index (χ4v) is 12.1. The molecule has 334 valence electrons. The van der Waals surface area contributed by atoms with Gasteiger partial charge < -0.3 is 38.8 Å². The highest BCUT2D eigenvalue weighted by Crippen LogP contribution is 2.56. The summed E-state index contributed by atoms with van der Waals surface area (Å²) in [5, 5.41) is 26.8. The number of carbonyl (C=O) groups excluding carboxylic acids is 3. The molecule has 6 aliphatic rings. The summed E-state index contributed by atoms with van der Waals surface area (Å²) in [4.78, 5) is 46.2. The first kappa shape index (κ1) is 43.6. The SMILES string of the molecule is C=CCOC(=O)N[C@H](CSCC1c2ccccc2-c2ccccc21)C(=O)OC[C@H]1C2=C3OCOC3=C(C)C(=O)C2(O)CC2[C@H]3c4c(cc(C)c(C)c4OCOC)C[C@@H]([C@H](C#N)N21)N3C. The molecule has 4 heterocycles. The minimum absolute atomic E-state index is 0.00299. The van der Waals surface area contributed by atoms with Crippen molar-refractivity contribution in [3.8, 4) is 22.9 Å². The minimum atomic E-state index is -2.11. The molecule has 3 saturated heterocycles. The number of Topliss-reactive ketones (excluding diaryl/α,β-unsaturated/α-hetero) is 1. The fraction of sp³-hybridized carbons (Fsp3) is 0.429. The van der Waals surface area contributed by atoms with Crippen LogP contribution in [-0.4, -0.2) is 121 Å². The van der Waals surface area contributed by atoms with E-state index in [0.717, 1.165) is 22.3 Å². The number of fused-ring (bicyclic) bond motifs is 11. The Kier molecular flexibility index (Phi) is 11.9. The van der Waals surface area contributed by atoms with Gasteiger partial charge >= 0.3 is 12.1 Å². The van der Waals surface area contributed by atoms with Gasteiger partial charge in [-0.15, -0.1) is 0 Å². The minimum Gasteiger partial charge on any atom is -0.467 e. The third-order valence-corrected chi connectivity index (χ3v) is 15.0. The molecule has 15 heteroatoms. The molecule has 9 rings (SSSR count). The van der Waals surface area contributed by atoms with Crippen molar-refractivity contribution >= 4 is 29.6 Å². The number of methoxy groups -OCH3 is 1. The van der Waals surface area contributed by atoms with E-state index in [1.165, 1.54) is 40.1 Å². The van der Waals surface area contributed by atoms with Crippen molar-refractivity contribution in [2.75, 3.05) is 52.5 Å². The molecule has 1 amide bonds. The van der Waals surface area contributed by atoms with Gasteiger partial charge in [-0.25, -0.2) is 9.59 Å². The number of alkyl carbamates (subject to hydrolysis) is 1. The van der Waals surface area contributed by atoms with Crippen LogP contribution >= 0.6 is 11.8 Å². The topological polar surface area (TPSA) is 169 Å². The molecular weight excluding hydrogens is 837 g/mol. The summed E-state index contributed by atoms with van der Waals surface area (Å²) in [6.07, 6.45) is 1.03. The van der Waals surface area contributed by atoms with Gasteiger partial charge in [0.05, 0.1) is 18.2 Å². The van der Waals surface area contributed by atoms with Crippen molar-refractivity contribution in [3.63, 3.8) is 0 Å². The number of nitrogens with zero attached hydrogens (tertiary/aromatic N) is 3. The Hall–Kier alpha value is -5.63. The van der Waals surface area contributed by atoms with Gasteiger partial charge in [0, 0.05) is 59.7 Å². The molecule has 2 aliphatic carbocycles. The average Bonchev–Trinajstić information content (AvgIpc) is 3.90. The maximum absolute atomic E-state index is 14.5. The van der Waals surface area contributed by atoms with Crippen LogP contribution in [0.5, 0.6) is 5.75 Å².